The summed E-state index contributed by atoms with van der Waals surface area (Å²) in [6, 6.07) is 0.116. The largest absolute Gasteiger partial charge is 0.478 e. The molecule has 0 amide bonds. The van der Waals surface area contributed by atoms with Crippen molar-refractivity contribution in [2.75, 3.05) is 13.7 Å². The zero-order valence-corrected chi connectivity index (χ0v) is 13.6. The van der Waals surface area contributed by atoms with Gasteiger partial charge in [0.15, 0.2) is 0 Å². The van der Waals surface area contributed by atoms with Crippen molar-refractivity contribution in [3.05, 3.63) is 39.9 Å². The Morgan fingerprint density at radius 2 is 2.26 bits per heavy atom. The van der Waals surface area contributed by atoms with E-state index in [1.807, 2.05) is 0 Å². The maximum absolute atomic E-state index is 10.9. The van der Waals surface area contributed by atoms with E-state index in [-0.39, 0.29) is 11.6 Å². The van der Waals surface area contributed by atoms with Crippen LogP contribution in [0.3, 0.4) is 0 Å². The Bertz CT molecular complexity index is 674. The van der Waals surface area contributed by atoms with Crippen LogP contribution >= 0.6 is 11.3 Å². The number of carboxylic acids is 1. The Morgan fingerprint density at radius 1 is 1.48 bits per heavy atom. The first-order chi connectivity index (χ1) is 11.2. The number of thiazole rings is 1. The number of aromatic carboxylic acids is 1. The van der Waals surface area contributed by atoms with E-state index in [4.69, 9.17) is 9.84 Å². The number of hydrogen-bond donors (Lipinski definition) is 1. The summed E-state index contributed by atoms with van der Waals surface area (Å²) in [5.41, 5.74) is 1.14. The van der Waals surface area contributed by atoms with Crippen molar-refractivity contribution < 1.29 is 14.6 Å². The summed E-state index contributed by atoms with van der Waals surface area (Å²) >= 11 is 1.60. The van der Waals surface area contributed by atoms with E-state index in [1.165, 1.54) is 12.4 Å². The average Bonchev–Trinajstić information content (AvgIpc) is 3.18. The molecule has 0 saturated carbocycles. The molecular weight excluding hydrogens is 316 g/mol. The van der Waals surface area contributed by atoms with Crippen LogP contribution in [0.25, 0.3) is 0 Å². The molecule has 1 atom stereocenters. The van der Waals surface area contributed by atoms with Gasteiger partial charge in [-0.2, -0.15) is 0 Å². The van der Waals surface area contributed by atoms with Crippen LogP contribution in [0, 0.1) is 0 Å². The van der Waals surface area contributed by atoms with Crippen LogP contribution in [0.4, 0.5) is 0 Å². The topological polar surface area (TPSA) is 88.4 Å². The van der Waals surface area contributed by atoms with Gasteiger partial charge in [0, 0.05) is 31.4 Å². The molecule has 0 spiro atoms. The second-order valence-corrected chi connectivity index (χ2v) is 6.37. The zero-order valence-electron chi connectivity index (χ0n) is 12.8. The molecule has 0 radical (unpaired) electrons. The fourth-order valence-electron chi connectivity index (χ4n) is 2.75. The van der Waals surface area contributed by atoms with Crippen molar-refractivity contribution in [3.8, 4) is 0 Å². The van der Waals surface area contributed by atoms with E-state index in [9.17, 15) is 4.79 Å². The van der Waals surface area contributed by atoms with Crippen molar-refractivity contribution in [1.29, 1.82) is 0 Å². The van der Waals surface area contributed by atoms with Crippen molar-refractivity contribution >= 4 is 17.3 Å². The number of likely N-dealkylation sites (tertiary alicyclic amines) is 1. The van der Waals surface area contributed by atoms with Crippen molar-refractivity contribution in [2.45, 2.75) is 32.0 Å². The van der Waals surface area contributed by atoms with Crippen molar-refractivity contribution in [3.63, 3.8) is 0 Å². The minimum atomic E-state index is -1.01. The molecule has 1 fully saturated rings. The molecule has 1 N–H and O–H groups in total. The Kier molecular flexibility index (Phi) is 4.94. The summed E-state index contributed by atoms with van der Waals surface area (Å²) < 4.78 is 5.10. The van der Waals surface area contributed by atoms with Crippen molar-refractivity contribution in [2.24, 2.45) is 0 Å². The third-order valence-electron chi connectivity index (χ3n) is 3.81. The third kappa shape index (κ3) is 3.72. The summed E-state index contributed by atoms with van der Waals surface area (Å²) in [5.74, 6) is -0.326. The summed E-state index contributed by atoms with van der Waals surface area (Å²) in [6.45, 7) is 2.24. The van der Waals surface area contributed by atoms with Gasteiger partial charge in [-0.25, -0.2) is 19.7 Å². The van der Waals surface area contributed by atoms with Gasteiger partial charge in [0.1, 0.15) is 10.8 Å². The van der Waals surface area contributed by atoms with Gasteiger partial charge in [-0.05, 0) is 19.4 Å². The number of hydrogen-bond acceptors (Lipinski definition) is 7. The minimum Gasteiger partial charge on any atom is -0.478 e. The number of aromatic nitrogens is 3. The molecule has 2 aromatic heterocycles. The maximum Gasteiger partial charge on any atom is 0.338 e. The molecule has 3 rings (SSSR count). The predicted molar refractivity (Wildman–Crippen MR) is 84.2 cm³/mol. The summed E-state index contributed by atoms with van der Waals surface area (Å²) in [5, 5.41) is 12.0. The van der Waals surface area contributed by atoms with E-state index < -0.39 is 5.97 Å². The molecule has 2 aromatic rings. The lowest BCUT2D eigenvalue weighted by atomic mass is 10.2. The van der Waals surface area contributed by atoms with Crippen LogP contribution in [0.5, 0.6) is 0 Å². The third-order valence-corrected chi connectivity index (χ3v) is 4.68. The van der Waals surface area contributed by atoms with Crippen LogP contribution in [0.15, 0.2) is 17.8 Å². The van der Waals surface area contributed by atoms with E-state index in [2.05, 4.69) is 25.2 Å². The van der Waals surface area contributed by atoms with Gasteiger partial charge in [-0.1, -0.05) is 0 Å². The monoisotopic (exact) mass is 334 g/mol. The lowest BCUT2D eigenvalue weighted by Gasteiger charge is -2.22. The average molecular weight is 334 g/mol. The second kappa shape index (κ2) is 7.12. The Morgan fingerprint density at radius 3 is 2.96 bits per heavy atom. The highest BCUT2D eigenvalue weighted by atomic mass is 32.1. The molecule has 3 heterocycles. The van der Waals surface area contributed by atoms with Gasteiger partial charge in [-0.15, -0.1) is 11.3 Å². The van der Waals surface area contributed by atoms with Gasteiger partial charge in [0.05, 0.1) is 23.9 Å². The molecule has 1 aliphatic heterocycles. The smallest absolute Gasteiger partial charge is 0.338 e. The SMILES string of the molecule is COCc1nc(CN2CCCC2c2ncc(C(=O)O)cn2)cs1. The number of methoxy groups -OCH3 is 1. The molecule has 7 nitrogen and oxygen atoms in total. The molecule has 8 heteroatoms. The number of ether oxygens (including phenoxy) is 1. The Hall–Kier alpha value is -1.90. The Balaban J connectivity index is 1.70. The molecule has 122 valence electrons. The highest BCUT2D eigenvalue weighted by molar-refractivity contribution is 7.09. The Labute approximate surface area is 138 Å². The quantitative estimate of drug-likeness (QED) is 0.865. The van der Waals surface area contributed by atoms with Gasteiger partial charge >= 0.3 is 5.97 Å². The number of carboxylic acid groups (broad SMARTS) is 1. The minimum absolute atomic E-state index is 0.113. The molecule has 1 aliphatic rings. The maximum atomic E-state index is 10.9. The number of rotatable bonds is 6. The molecule has 0 aromatic carbocycles. The summed E-state index contributed by atoms with van der Waals surface area (Å²) in [7, 11) is 1.66. The van der Waals surface area contributed by atoms with Gasteiger partial charge in [0.2, 0.25) is 0 Å². The van der Waals surface area contributed by atoms with E-state index in [1.54, 1.807) is 18.4 Å². The van der Waals surface area contributed by atoms with Crippen LogP contribution in [0.2, 0.25) is 0 Å². The standard InChI is InChI=1S/C15H18N4O3S/c1-22-8-13-18-11(9-23-13)7-19-4-2-3-12(19)14-16-5-10(6-17-14)15(20)21/h5-6,9,12H,2-4,7-8H2,1H3,(H,20,21). The molecule has 1 unspecified atom stereocenters. The summed E-state index contributed by atoms with van der Waals surface area (Å²) in [6.07, 6.45) is 4.80. The highest BCUT2D eigenvalue weighted by Gasteiger charge is 2.28. The molecule has 1 saturated heterocycles. The van der Waals surface area contributed by atoms with Gasteiger partial charge in [0.25, 0.3) is 0 Å². The van der Waals surface area contributed by atoms with Crippen molar-refractivity contribution in [1.82, 2.24) is 19.9 Å². The highest BCUT2D eigenvalue weighted by Crippen LogP contribution is 2.31. The van der Waals surface area contributed by atoms with E-state index in [0.29, 0.717) is 12.4 Å². The molecule has 0 aliphatic carbocycles. The normalized spacial score (nSPS) is 18.4. The lowest BCUT2D eigenvalue weighted by Crippen LogP contribution is -2.24. The zero-order chi connectivity index (χ0) is 16.2. The molecular formula is C15H18N4O3S. The van der Waals surface area contributed by atoms with Gasteiger partial charge in [-0.3, -0.25) is 4.90 Å². The first-order valence-electron chi connectivity index (χ1n) is 7.39. The second-order valence-electron chi connectivity index (χ2n) is 5.43. The fraction of sp³-hybridized carbons (Fsp3) is 0.467. The number of nitrogens with zero attached hydrogens (tertiary/aromatic N) is 4. The van der Waals surface area contributed by atoms with Gasteiger partial charge < -0.3 is 9.84 Å². The van der Waals surface area contributed by atoms with E-state index >= 15 is 0 Å². The van der Waals surface area contributed by atoms with Crippen LogP contribution in [0.1, 0.15) is 45.8 Å². The number of carbonyl (C=O) groups is 1. The fourth-order valence-corrected chi connectivity index (χ4v) is 3.50. The van der Waals surface area contributed by atoms with Crippen LogP contribution in [-0.4, -0.2) is 44.6 Å². The van der Waals surface area contributed by atoms with Crippen LogP contribution < -0.4 is 0 Å². The first-order valence-corrected chi connectivity index (χ1v) is 8.27. The predicted octanol–water partition coefficient (Wildman–Crippen LogP) is 2.11. The first kappa shape index (κ1) is 16.0. The van der Waals surface area contributed by atoms with Crippen LogP contribution in [-0.2, 0) is 17.9 Å². The van der Waals surface area contributed by atoms with E-state index in [0.717, 1.165) is 36.6 Å². The molecule has 0 bridgehead atoms. The lowest BCUT2D eigenvalue weighted by molar-refractivity contribution is 0.0695. The summed E-state index contributed by atoms with van der Waals surface area (Å²) in [4.78, 5) is 26.2. The molecule has 23 heavy (non-hydrogen) atoms.